The van der Waals surface area contributed by atoms with Crippen LogP contribution in [0.1, 0.15) is 13.8 Å². The van der Waals surface area contributed by atoms with Crippen molar-refractivity contribution in [2.45, 2.75) is 19.4 Å². The van der Waals surface area contributed by atoms with Crippen LogP contribution in [0, 0.1) is 11.8 Å². The molecule has 2 N–H and O–H groups in total. The Balaban J connectivity index is 2.86. The minimum atomic E-state index is -1.05. The van der Waals surface area contributed by atoms with Crippen molar-refractivity contribution in [1.82, 2.24) is 0 Å². The molecule has 1 rings (SSSR count). The highest BCUT2D eigenvalue weighted by Crippen LogP contribution is 2.30. The van der Waals surface area contributed by atoms with E-state index in [0.717, 1.165) is 0 Å². The molecule has 0 heterocycles. The zero-order chi connectivity index (χ0) is 10.1. The van der Waals surface area contributed by atoms with Gasteiger partial charge in [-0.25, -0.2) is 0 Å². The number of hydrogen-bond donors (Lipinski definition) is 2. The Kier molecular flexibility index (Phi) is 2.57. The first-order chi connectivity index (χ1) is 5.95. The van der Waals surface area contributed by atoms with E-state index in [-0.39, 0.29) is 5.92 Å². The fraction of sp³-hybridized carbons (Fsp3) is 0.500. The molecule has 0 aliphatic heterocycles. The SMILES string of the molecule is CC(C(=O)O)C1C=CC=CC1(C)O. The van der Waals surface area contributed by atoms with Crippen molar-refractivity contribution >= 4 is 5.97 Å². The van der Waals surface area contributed by atoms with E-state index in [0.29, 0.717) is 0 Å². The first-order valence-electron chi connectivity index (χ1n) is 4.26. The second-order valence-corrected chi connectivity index (χ2v) is 3.62. The molecule has 3 heteroatoms. The monoisotopic (exact) mass is 182 g/mol. The summed E-state index contributed by atoms with van der Waals surface area (Å²) >= 11 is 0. The summed E-state index contributed by atoms with van der Waals surface area (Å²) in [5.74, 6) is -1.81. The van der Waals surface area contributed by atoms with Crippen LogP contribution in [0.25, 0.3) is 0 Å². The number of hydrogen-bond acceptors (Lipinski definition) is 2. The van der Waals surface area contributed by atoms with Gasteiger partial charge in [0, 0.05) is 5.92 Å². The van der Waals surface area contributed by atoms with Crippen LogP contribution in [0.5, 0.6) is 0 Å². The molecular formula is C10H14O3. The minimum absolute atomic E-state index is 0.352. The molecule has 0 radical (unpaired) electrons. The maximum absolute atomic E-state index is 10.7. The first-order valence-corrected chi connectivity index (χ1v) is 4.26. The van der Waals surface area contributed by atoms with Gasteiger partial charge in [0.15, 0.2) is 0 Å². The Morgan fingerprint density at radius 3 is 2.62 bits per heavy atom. The number of carboxylic acid groups (broad SMARTS) is 1. The lowest BCUT2D eigenvalue weighted by Gasteiger charge is -2.32. The molecule has 0 fully saturated rings. The van der Waals surface area contributed by atoms with Crippen molar-refractivity contribution in [1.29, 1.82) is 0 Å². The van der Waals surface area contributed by atoms with Gasteiger partial charge in [-0.2, -0.15) is 0 Å². The highest BCUT2D eigenvalue weighted by molar-refractivity contribution is 5.70. The van der Waals surface area contributed by atoms with E-state index in [1.54, 1.807) is 38.2 Å². The Bertz CT molecular complexity index is 263. The molecule has 0 saturated heterocycles. The Morgan fingerprint density at radius 1 is 1.54 bits per heavy atom. The second-order valence-electron chi connectivity index (χ2n) is 3.62. The quantitative estimate of drug-likeness (QED) is 0.674. The van der Waals surface area contributed by atoms with Gasteiger partial charge >= 0.3 is 5.97 Å². The van der Waals surface area contributed by atoms with E-state index in [9.17, 15) is 9.90 Å². The van der Waals surface area contributed by atoms with E-state index in [4.69, 9.17) is 5.11 Å². The lowest BCUT2D eigenvalue weighted by molar-refractivity contribution is -0.144. The van der Waals surface area contributed by atoms with Crippen molar-refractivity contribution < 1.29 is 15.0 Å². The van der Waals surface area contributed by atoms with Crippen molar-refractivity contribution in [3.05, 3.63) is 24.3 Å². The number of aliphatic carboxylic acids is 1. The predicted molar refractivity (Wildman–Crippen MR) is 49.2 cm³/mol. The van der Waals surface area contributed by atoms with Crippen LogP contribution in [0.15, 0.2) is 24.3 Å². The lowest BCUT2D eigenvalue weighted by Crippen LogP contribution is -2.39. The maximum Gasteiger partial charge on any atom is 0.306 e. The van der Waals surface area contributed by atoms with Gasteiger partial charge in [0.05, 0.1) is 11.5 Å². The first kappa shape index (κ1) is 9.99. The molecule has 13 heavy (non-hydrogen) atoms. The minimum Gasteiger partial charge on any atom is -0.481 e. The molecule has 3 nitrogen and oxygen atoms in total. The van der Waals surface area contributed by atoms with E-state index < -0.39 is 17.5 Å². The van der Waals surface area contributed by atoms with E-state index in [2.05, 4.69) is 0 Å². The lowest BCUT2D eigenvalue weighted by atomic mass is 9.77. The molecule has 0 bridgehead atoms. The van der Waals surface area contributed by atoms with Gasteiger partial charge in [0.1, 0.15) is 0 Å². The molecule has 0 aromatic heterocycles. The Labute approximate surface area is 77.4 Å². The second kappa shape index (κ2) is 3.34. The fourth-order valence-corrected chi connectivity index (χ4v) is 1.57. The highest BCUT2D eigenvalue weighted by atomic mass is 16.4. The highest BCUT2D eigenvalue weighted by Gasteiger charge is 2.36. The van der Waals surface area contributed by atoms with Gasteiger partial charge in [-0.15, -0.1) is 0 Å². The smallest absolute Gasteiger partial charge is 0.306 e. The third kappa shape index (κ3) is 1.98. The summed E-state index contributed by atoms with van der Waals surface area (Å²) in [5, 5.41) is 18.6. The number of carboxylic acids is 1. The van der Waals surface area contributed by atoms with Crippen LogP contribution in [0.3, 0.4) is 0 Å². The van der Waals surface area contributed by atoms with Gasteiger partial charge in [-0.1, -0.05) is 31.2 Å². The molecular weight excluding hydrogens is 168 g/mol. The number of aliphatic hydroxyl groups is 1. The fourth-order valence-electron chi connectivity index (χ4n) is 1.57. The van der Waals surface area contributed by atoms with Gasteiger partial charge in [0.25, 0.3) is 0 Å². The Morgan fingerprint density at radius 2 is 2.15 bits per heavy atom. The topological polar surface area (TPSA) is 57.5 Å². The van der Waals surface area contributed by atoms with Gasteiger partial charge in [0.2, 0.25) is 0 Å². The summed E-state index contributed by atoms with van der Waals surface area (Å²) in [4.78, 5) is 10.7. The normalized spacial score (nSPS) is 34.5. The van der Waals surface area contributed by atoms with E-state index in [1.807, 2.05) is 0 Å². The molecule has 3 atom stereocenters. The molecule has 1 aliphatic rings. The van der Waals surface area contributed by atoms with Crippen LogP contribution < -0.4 is 0 Å². The van der Waals surface area contributed by atoms with Gasteiger partial charge in [-0.3, -0.25) is 4.79 Å². The number of rotatable bonds is 2. The molecule has 3 unspecified atom stereocenters. The van der Waals surface area contributed by atoms with Crippen LogP contribution in [0.2, 0.25) is 0 Å². The summed E-state index contributed by atoms with van der Waals surface area (Å²) < 4.78 is 0. The molecule has 0 spiro atoms. The van der Waals surface area contributed by atoms with Gasteiger partial charge < -0.3 is 10.2 Å². The molecule has 0 aromatic carbocycles. The van der Waals surface area contributed by atoms with Crippen molar-refractivity contribution in [2.24, 2.45) is 11.8 Å². The van der Waals surface area contributed by atoms with Gasteiger partial charge in [-0.05, 0) is 6.92 Å². The summed E-state index contributed by atoms with van der Waals surface area (Å²) in [6.45, 7) is 3.22. The largest absolute Gasteiger partial charge is 0.481 e. The van der Waals surface area contributed by atoms with Crippen molar-refractivity contribution in [3.63, 3.8) is 0 Å². The molecule has 72 valence electrons. The van der Waals surface area contributed by atoms with Crippen LogP contribution in [0.4, 0.5) is 0 Å². The third-order valence-corrected chi connectivity index (χ3v) is 2.47. The third-order valence-electron chi connectivity index (χ3n) is 2.47. The van der Waals surface area contributed by atoms with Crippen LogP contribution in [-0.4, -0.2) is 21.8 Å². The average Bonchev–Trinajstić information content (AvgIpc) is 2.02. The van der Waals surface area contributed by atoms with Crippen LogP contribution in [-0.2, 0) is 4.79 Å². The molecule has 0 aromatic rings. The molecule has 0 saturated carbocycles. The molecule has 0 amide bonds. The van der Waals surface area contributed by atoms with E-state index in [1.165, 1.54) is 0 Å². The standard InChI is InChI=1S/C10H14O3/c1-7(9(11)12)8-5-3-4-6-10(8,2)13/h3-8,13H,1-2H3,(H,11,12). The summed E-state index contributed by atoms with van der Waals surface area (Å²) in [5.41, 5.74) is -1.05. The van der Waals surface area contributed by atoms with Crippen LogP contribution >= 0.6 is 0 Å². The van der Waals surface area contributed by atoms with E-state index >= 15 is 0 Å². The average molecular weight is 182 g/mol. The number of carbonyl (C=O) groups is 1. The maximum atomic E-state index is 10.7. The van der Waals surface area contributed by atoms with Crippen molar-refractivity contribution in [3.8, 4) is 0 Å². The zero-order valence-electron chi connectivity index (χ0n) is 7.77. The summed E-state index contributed by atoms with van der Waals surface area (Å²) in [7, 11) is 0. The molecule has 1 aliphatic carbocycles. The number of allylic oxidation sites excluding steroid dienone is 2. The predicted octanol–water partition coefficient (Wildman–Crippen LogP) is 1.20. The zero-order valence-corrected chi connectivity index (χ0v) is 7.77. The summed E-state index contributed by atoms with van der Waals surface area (Å²) in [6, 6.07) is 0. The van der Waals surface area contributed by atoms with Crippen molar-refractivity contribution in [2.75, 3.05) is 0 Å². The summed E-state index contributed by atoms with van der Waals surface area (Å²) in [6.07, 6.45) is 6.85. The Hall–Kier alpha value is -1.09.